The van der Waals surface area contributed by atoms with E-state index in [-0.39, 0.29) is 0 Å². The summed E-state index contributed by atoms with van der Waals surface area (Å²) in [6.07, 6.45) is 1.16. The molecule has 0 spiro atoms. The SMILES string of the molecule is CN(C)CCN(C)C(CN)C1CCOC1. The van der Waals surface area contributed by atoms with E-state index in [1.807, 2.05) is 0 Å². The van der Waals surface area contributed by atoms with Crippen molar-refractivity contribution in [2.75, 3.05) is 54.0 Å². The third kappa shape index (κ3) is 4.07. The molecular weight excluding hydrogens is 190 g/mol. The lowest BCUT2D eigenvalue weighted by molar-refractivity contribution is 0.135. The molecule has 0 aromatic heterocycles. The Morgan fingerprint density at radius 2 is 2.07 bits per heavy atom. The summed E-state index contributed by atoms with van der Waals surface area (Å²) < 4.78 is 5.42. The fourth-order valence-corrected chi connectivity index (χ4v) is 2.11. The van der Waals surface area contributed by atoms with Crippen LogP contribution < -0.4 is 5.73 Å². The van der Waals surface area contributed by atoms with E-state index in [1.165, 1.54) is 0 Å². The van der Waals surface area contributed by atoms with Crippen LogP contribution in [0.3, 0.4) is 0 Å². The lowest BCUT2D eigenvalue weighted by atomic mass is 9.98. The Bertz CT molecular complexity index is 169. The second-order valence-corrected chi connectivity index (χ2v) is 4.71. The Morgan fingerprint density at radius 1 is 1.33 bits per heavy atom. The monoisotopic (exact) mass is 215 g/mol. The van der Waals surface area contributed by atoms with Crippen LogP contribution >= 0.6 is 0 Å². The zero-order valence-corrected chi connectivity index (χ0v) is 10.3. The fourth-order valence-electron chi connectivity index (χ4n) is 2.11. The molecule has 1 rings (SSSR count). The minimum Gasteiger partial charge on any atom is -0.381 e. The summed E-state index contributed by atoms with van der Waals surface area (Å²) in [6, 6.07) is 0.479. The first-order valence-electron chi connectivity index (χ1n) is 5.78. The molecule has 4 heteroatoms. The number of likely N-dealkylation sites (N-methyl/N-ethyl adjacent to an activating group) is 2. The molecule has 1 saturated heterocycles. The zero-order valence-electron chi connectivity index (χ0n) is 10.3. The molecule has 2 unspecified atom stereocenters. The molecule has 2 atom stereocenters. The van der Waals surface area contributed by atoms with Crippen molar-refractivity contribution >= 4 is 0 Å². The Labute approximate surface area is 93.4 Å². The van der Waals surface area contributed by atoms with Gasteiger partial charge in [0.25, 0.3) is 0 Å². The van der Waals surface area contributed by atoms with Crippen molar-refractivity contribution in [3.8, 4) is 0 Å². The van der Waals surface area contributed by atoms with E-state index in [1.54, 1.807) is 0 Å². The Hall–Kier alpha value is -0.160. The van der Waals surface area contributed by atoms with Crippen molar-refractivity contribution in [3.05, 3.63) is 0 Å². The van der Waals surface area contributed by atoms with Gasteiger partial charge in [-0.3, -0.25) is 0 Å². The predicted octanol–water partition coefficient (Wildman–Crippen LogP) is -0.156. The maximum atomic E-state index is 5.85. The van der Waals surface area contributed by atoms with Gasteiger partial charge in [0.1, 0.15) is 0 Å². The highest BCUT2D eigenvalue weighted by atomic mass is 16.5. The standard InChI is InChI=1S/C11H25N3O/c1-13(2)5-6-14(3)11(8-12)10-4-7-15-9-10/h10-11H,4-9,12H2,1-3H3. The van der Waals surface area contributed by atoms with Crippen LogP contribution in [-0.4, -0.2) is 69.8 Å². The highest BCUT2D eigenvalue weighted by Gasteiger charge is 2.27. The van der Waals surface area contributed by atoms with Gasteiger partial charge in [0, 0.05) is 38.2 Å². The first kappa shape index (κ1) is 12.9. The van der Waals surface area contributed by atoms with Crippen molar-refractivity contribution in [3.63, 3.8) is 0 Å². The molecule has 0 amide bonds. The molecular formula is C11H25N3O. The molecule has 0 bridgehead atoms. The van der Waals surface area contributed by atoms with Crippen LogP contribution in [0.25, 0.3) is 0 Å². The summed E-state index contributed by atoms with van der Waals surface area (Å²) in [5, 5.41) is 0. The van der Waals surface area contributed by atoms with Crippen molar-refractivity contribution < 1.29 is 4.74 Å². The summed E-state index contributed by atoms with van der Waals surface area (Å²) in [5.74, 6) is 0.627. The Balaban J connectivity index is 2.35. The van der Waals surface area contributed by atoms with Gasteiger partial charge in [-0.15, -0.1) is 0 Å². The third-order valence-corrected chi connectivity index (χ3v) is 3.22. The molecule has 1 aliphatic heterocycles. The van der Waals surface area contributed by atoms with E-state index >= 15 is 0 Å². The summed E-state index contributed by atoms with van der Waals surface area (Å²) in [7, 11) is 6.37. The summed E-state index contributed by atoms with van der Waals surface area (Å²) >= 11 is 0. The van der Waals surface area contributed by atoms with Gasteiger partial charge >= 0.3 is 0 Å². The highest BCUT2D eigenvalue weighted by Crippen LogP contribution is 2.19. The summed E-state index contributed by atoms with van der Waals surface area (Å²) in [5.41, 5.74) is 5.85. The van der Waals surface area contributed by atoms with Crippen molar-refractivity contribution in [1.82, 2.24) is 9.80 Å². The van der Waals surface area contributed by atoms with Crippen molar-refractivity contribution in [1.29, 1.82) is 0 Å². The third-order valence-electron chi connectivity index (χ3n) is 3.22. The van der Waals surface area contributed by atoms with Gasteiger partial charge in [0.05, 0.1) is 6.61 Å². The van der Waals surface area contributed by atoms with E-state index in [4.69, 9.17) is 10.5 Å². The fraction of sp³-hybridized carbons (Fsp3) is 1.00. The van der Waals surface area contributed by atoms with Gasteiger partial charge in [-0.05, 0) is 27.6 Å². The van der Waals surface area contributed by atoms with Crippen LogP contribution in [0.5, 0.6) is 0 Å². The van der Waals surface area contributed by atoms with E-state index in [9.17, 15) is 0 Å². The number of hydrogen-bond donors (Lipinski definition) is 1. The van der Waals surface area contributed by atoms with Crippen LogP contribution in [0.2, 0.25) is 0 Å². The first-order chi connectivity index (χ1) is 7.15. The molecule has 0 aliphatic carbocycles. The highest BCUT2D eigenvalue weighted by molar-refractivity contribution is 4.81. The molecule has 4 nitrogen and oxygen atoms in total. The van der Waals surface area contributed by atoms with Crippen LogP contribution in [0.15, 0.2) is 0 Å². The molecule has 0 saturated carbocycles. The van der Waals surface area contributed by atoms with Crippen LogP contribution in [0.1, 0.15) is 6.42 Å². The Kier molecular flexibility index (Phi) is 5.53. The number of nitrogens with zero attached hydrogens (tertiary/aromatic N) is 2. The van der Waals surface area contributed by atoms with Crippen molar-refractivity contribution in [2.45, 2.75) is 12.5 Å². The van der Waals surface area contributed by atoms with Gasteiger partial charge in [0.15, 0.2) is 0 Å². The van der Waals surface area contributed by atoms with Gasteiger partial charge in [0.2, 0.25) is 0 Å². The minimum absolute atomic E-state index is 0.479. The summed E-state index contributed by atoms with van der Waals surface area (Å²) in [6.45, 7) is 4.68. The average Bonchev–Trinajstić information content (AvgIpc) is 2.69. The minimum atomic E-state index is 0.479. The van der Waals surface area contributed by atoms with Crippen molar-refractivity contribution in [2.24, 2.45) is 11.7 Å². The van der Waals surface area contributed by atoms with Crippen LogP contribution in [0.4, 0.5) is 0 Å². The van der Waals surface area contributed by atoms with E-state index in [2.05, 4.69) is 30.9 Å². The summed E-state index contributed by atoms with van der Waals surface area (Å²) in [4.78, 5) is 4.58. The van der Waals surface area contributed by atoms with Gasteiger partial charge in [-0.2, -0.15) is 0 Å². The van der Waals surface area contributed by atoms with Gasteiger partial charge < -0.3 is 20.3 Å². The number of ether oxygens (including phenoxy) is 1. The topological polar surface area (TPSA) is 41.7 Å². The Morgan fingerprint density at radius 3 is 2.53 bits per heavy atom. The average molecular weight is 215 g/mol. The zero-order chi connectivity index (χ0) is 11.3. The maximum absolute atomic E-state index is 5.85. The first-order valence-corrected chi connectivity index (χ1v) is 5.78. The predicted molar refractivity (Wildman–Crippen MR) is 63.0 cm³/mol. The second-order valence-electron chi connectivity index (χ2n) is 4.71. The maximum Gasteiger partial charge on any atom is 0.0510 e. The number of nitrogens with two attached hydrogens (primary N) is 1. The smallest absolute Gasteiger partial charge is 0.0510 e. The molecule has 1 heterocycles. The molecule has 1 aliphatic rings. The lowest BCUT2D eigenvalue weighted by Gasteiger charge is -2.31. The van der Waals surface area contributed by atoms with Gasteiger partial charge in [-0.1, -0.05) is 0 Å². The van der Waals surface area contributed by atoms with Crippen LogP contribution in [0, 0.1) is 5.92 Å². The number of rotatable bonds is 6. The normalized spacial score (nSPS) is 24.0. The molecule has 15 heavy (non-hydrogen) atoms. The van der Waals surface area contributed by atoms with E-state index in [0.717, 1.165) is 39.3 Å². The molecule has 0 aromatic carbocycles. The lowest BCUT2D eigenvalue weighted by Crippen LogP contribution is -2.46. The van der Waals surface area contributed by atoms with E-state index < -0.39 is 0 Å². The number of hydrogen-bond acceptors (Lipinski definition) is 4. The quantitative estimate of drug-likeness (QED) is 0.669. The molecule has 2 N–H and O–H groups in total. The largest absolute Gasteiger partial charge is 0.381 e. The molecule has 1 fully saturated rings. The molecule has 0 aromatic rings. The van der Waals surface area contributed by atoms with E-state index in [0.29, 0.717) is 12.0 Å². The molecule has 90 valence electrons. The second kappa shape index (κ2) is 6.43. The van der Waals surface area contributed by atoms with Crippen LogP contribution in [-0.2, 0) is 4.74 Å². The molecule has 0 radical (unpaired) electrons. The van der Waals surface area contributed by atoms with Gasteiger partial charge in [-0.25, -0.2) is 0 Å².